The first-order valence-corrected chi connectivity index (χ1v) is 8.16. The molecule has 16 heavy (non-hydrogen) atoms. The van der Waals surface area contributed by atoms with Gasteiger partial charge in [0, 0.05) is 10.4 Å². The summed E-state index contributed by atoms with van der Waals surface area (Å²) in [5.41, 5.74) is 1.24. The third-order valence-corrected chi connectivity index (χ3v) is 5.60. The van der Waals surface area contributed by atoms with Crippen LogP contribution in [-0.4, -0.2) is 6.61 Å². The van der Waals surface area contributed by atoms with E-state index in [2.05, 4.69) is 56.3 Å². The van der Waals surface area contributed by atoms with Gasteiger partial charge in [-0.3, -0.25) is 0 Å². The maximum Gasteiger partial charge on any atom is 0.188 e. The van der Waals surface area contributed by atoms with Gasteiger partial charge in [-0.2, -0.15) is 0 Å². The van der Waals surface area contributed by atoms with Gasteiger partial charge >= 0.3 is 0 Å². The molecule has 2 rings (SSSR count). The number of ether oxygens (including phenoxy) is 1. The molecule has 0 bridgehead atoms. The maximum atomic E-state index is 5.66. The molecule has 0 aliphatic rings. The Balaban J connectivity index is 2.27. The van der Waals surface area contributed by atoms with E-state index in [0.29, 0.717) is 0 Å². The molecule has 0 saturated carbocycles. The Labute approximate surface area is 120 Å². The summed E-state index contributed by atoms with van der Waals surface area (Å²) in [5, 5.41) is 3.05. The zero-order valence-electron chi connectivity index (χ0n) is 8.63. The summed E-state index contributed by atoms with van der Waals surface area (Å²) in [5.74, 6) is 0. The van der Waals surface area contributed by atoms with Crippen LogP contribution in [0, 0.1) is 0 Å². The van der Waals surface area contributed by atoms with Crippen LogP contribution in [0.1, 0.15) is 13.3 Å². The minimum Gasteiger partial charge on any atom is -0.483 e. The van der Waals surface area contributed by atoms with Gasteiger partial charge in [0.25, 0.3) is 0 Å². The van der Waals surface area contributed by atoms with Crippen molar-refractivity contribution in [3.63, 3.8) is 0 Å². The standard InChI is InChI=1S/C11H10Br2OS2/c1-2-4-14-11-8(12)6-9(16-11)7-3-5-15-10(7)13/h3,5-6H,2,4H2,1H3. The van der Waals surface area contributed by atoms with Crippen molar-refractivity contribution in [2.24, 2.45) is 0 Å². The average Bonchev–Trinajstić information content (AvgIpc) is 2.82. The zero-order chi connectivity index (χ0) is 11.5. The maximum absolute atomic E-state index is 5.66. The van der Waals surface area contributed by atoms with E-state index >= 15 is 0 Å². The third-order valence-electron chi connectivity index (χ3n) is 1.98. The van der Waals surface area contributed by atoms with E-state index in [4.69, 9.17) is 4.74 Å². The highest BCUT2D eigenvalue weighted by atomic mass is 79.9. The molecule has 0 aromatic carbocycles. The fraction of sp³-hybridized carbons (Fsp3) is 0.273. The first-order chi connectivity index (χ1) is 7.72. The number of hydrogen-bond donors (Lipinski definition) is 0. The van der Waals surface area contributed by atoms with Crippen molar-refractivity contribution in [2.75, 3.05) is 6.61 Å². The molecule has 0 atom stereocenters. The average molecular weight is 382 g/mol. The van der Waals surface area contributed by atoms with E-state index in [1.807, 2.05) is 0 Å². The molecule has 0 aliphatic carbocycles. The molecule has 0 aliphatic heterocycles. The van der Waals surface area contributed by atoms with Crippen LogP contribution in [0.25, 0.3) is 10.4 Å². The molecular formula is C11H10Br2OS2. The molecule has 0 saturated heterocycles. The van der Waals surface area contributed by atoms with Crippen molar-refractivity contribution in [2.45, 2.75) is 13.3 Å². The quantitative estimate of drug-likeness (QED) is 0.651. The summed E-state index contributed by atoms with van der Waals surface area (Å²) in [6.07, 6.45) is 1.03. The molecule has 5 heteroatoms. The molecule has 86 valence electrons. The van der Waals surface area contributed by atoms with Gasteiger partial charge in [-0.1, -0.05) is 18.3 Å². The zero-order valence-corrected chi connectivity index (χ0v) is 13.4. The van der Waals surface area contributed by atoms with Crippen LogP contribution in [0.2, 0.25) is 0 Å². The molecular weight excluding hydrogens is 372 g/mol. The van der Waals surface area contributed by atoms with Crippen molar-refractivity contribution in [1.82, 2.24) is 0 Å². The Bertz CT molecular complexity index is 476. The Hall–Kier alpha value is 0.160. The first kappa shape index (κ1) is 12.6. The smallest absolute Gasteiger partial charge is 0.188 e. The SMILES string of the molecule is CCCOc1sc(-c2ccsc2Br)cc1Br. The van der Waals surface area contributed by atoms with Crippen molar-refractivity contribution in [1.29, 1.82) is 0 Å². The largest absolute Gasteiger partial charge is 0.483 e. The monoisotopic (exact) mass is 380 g/mol. The van der Waals surface area contributed by atoms with Gasteiger partial charge in [0.2, 0.25) is 0 Å². The van der Waals surface area contributed by atoms with Gasteiger partial charge in [-0.25, -0.2) is 0 Å². The van der Waals surface area contributed by atoms with Gasteiger partial charge < -0.3 is 4.74 Å². The van der Waals surface area contributed by atoms with Gasteiger partial charge in [0.15, 0.2) is 5.06 Å². The molecule has 0 unspecified atom stereocenters. The van der Waals surface area contributed by atoms with Gasteiger partial charge in [-0.15, -0.1) is 11.3 Å². The summed E-state index contributed by atoms with van der Waals surface area (Å²) in [4.78, 5) is 1.23. The van der Waals surface area contributed by atoms with Crippen LogP contribution < -0.4 is 4.74 Å². The van der Waals surface area contributed by atoms with E-state index < -0.39 is 0 Å². The van der Waals surface area contributed by atoms with Crippen molar-refractivity contribution in [3.8, 4) is 15.5 Å². The van der Waals surface area contributed by atoms with Crippen LogP contribution in [-0.2, 0) is 0 Å². The van der Waals surface area contributed by atoms with Crippen LogP contribution in [0.4, 0.5) is 0 Å². The van der Waals surface area contributed by atoms with Crippen molar-refractivity contribution >= 4 is 54.5 Å². The lowest BCUT2D eigenvalue weighted by Crippen LogP contribution is -1.92. The van der Waals surface area contributed by atoms with Gasteiger partial charge in [0.05, 0.1) is 14.9 Å². The highest BCUT2D eigenvalue weighted by molar-refractivity contribution is 9.11. The fourth-order valence-corrected chi connectivity index (χ4v) is 4.43. The Morgan fingerprint density at radius 3 is 2.81 bits per heavy atom. The molecule has 0 amide bonds. The predicted molar refractivity (Wildman–Crippen MR) is 78.8 cm³/mol. The highest BCUT2D eigenvalue weighted by Gasteiger charge is 2.12. The minimum absolute atomic E-state index is 0.767. The first-order valence-electron chi connectivity index (χ1n) is 4.88. The summed E-state index contributed by atoms with van der Waals surface area (Å²) in [6.45, 7) is 2.88. The second-order valence-corrected chi connectivity index (χ2v) is 7.31. The normalized spacial score (nSPS) is 10.7. The van der Waals surface area contributed by atoms with Crippen LogP contribution in [0.5, 0.6) is 5.06 Å². The van der Waals surface area contributed by atoms with Crippen molar-refractivity contribution < 1.29 is 4.74 Å². The summed E-state index contributed by atoms with van der Waals surface area (Å²) in [7, 11) is 0. The summed E-state index contributed by atoms with van der Waals surface area (Å²) in [6, 6.07) is 4.24. The number of thiophene rings is 2. The second-order valence-electron chi connectivity index (χ2n) is 3.20. The summed E-state index contributed by atoms with van der Waals surface area (Å²) < 4.78 is 7.87. The van der Waals surface area contributed by atoms with E-state index in [1.54, 1.807) is 22.7 Å². The fourth-order valence-electron chi connectivity index (χ4n) is 1.25. The topological polar surface area (TPSA) is 9.23 Å². The molecule has 0 fully saturated rings. The number of rotatable bonds is 4. The van der Waals surface area contributed by atoms with E-state index in [0.717, 1.165) is 22.6 Å². The van der Waals surface area contributed by atoms with E-state index in [1.165, 1.54) is 14.2 Å². The lowest BCUT2D eigenvalue weighted by molar-refractivity contribution is 0.325. The van der Waals surface area contributed by atoms with Gasteiger partial charge in [0.1, 0.15) is 0 Å². The van der Waals surface area contributed by atoms with Crippen molar-refractivity contribution in [3.05, 3.63) is 25.8 Å². The Morgan fingerprint density at radius 1 is 1.38 bits per heavy atom. The Morgan fingerprint density at radius 2 is 2.19 bits per heavy atom. The lowest BCUT2D eigenvalue weighted by Gasteiger charge is -2.00. The Kier molecular flexibility index (Phi) is 4.47. The summed E-state index contributed by atoms with van der Waals surface area (Å²) >= 11 is 10.5. The van der Waals surface area contributed by atoms with Crippen LogP contribution >= 0.6 is 54.5 Å². The van der Waals surface area contributed by atoms with E-state index in [9.17, 15) is 0 Å². The van der Waals surface area contributed by atoms with Crippen LogP contribution in [0.3, 0.4) is 0 Å². The van der Waals surface area contributed by atoms with E-state index in [-0.39, 0.29) is 0 Å². The molecule has 0 N–H and O–H groups in total. The number of halogens is 2. The molecule has 2 heterocycles. The second kappa shape index (κ2) is 5.67. The highest BCUT2D eigenvalue weighted by Crippen LogP contribution is 2.44. The molecule has 2 aromatic rings. The lowest BCUT2D eigenvalue weighted by atomic mass is 10.3. The number of hydrogen-bond acceptors (Lipinski definition) is 3. The van der Waals surface area contributed by atoms with Gasteiger partial charge in [-0.05, 0) is 55.8 Å². The van der Waals surface area contributed by atoms with Crippen LogP contribution in [0.15, 0.2) is 25.8 Å². The molecule has 0 radical (unpaired) electrons. The third kappa shape index (κ3) is 2.70. The molecule has 0 spiro atoms. The predicted octanol–water partition coefficient (Wildman–Crippen LogP) is 5.79. The molecule has 1 nitrogen and oxygen atoms in total. The minimum atomic E-state index is 0.767. The molecule has 2 aromatic heterocycles.